The third-order valence-electron chi connectivity index (χ3n) is 4.70. The first-order chi connectivity index (χ1) is 14.1. The number of carbonyl (C=O) groups is 1. The Kier molecular flexibility index (Phi) is 3.83. The smallest absolute Gasteiger partial charge is 0.280 e. The minimum atomic E-state index is -0.463. The van der Waals surface area contributed by atoms with E-state index in [2.05, 4.69) is 0 Å². The van der Waals surface area contributed by atoms with Gasteiger partial charge < -0.3 is 18.6 Å². The number of ketones is 1. The summed E-state index contributed by atoms with van der Waals surface area (Å²) in [5.74, 6) is 2.03. The maximum atomic E-state index is 12.9. The molecule has 1 aromatic heterocycles. The summed E-state index contributed by atoms with van der Waals surface area (Å²) in [6.45, 7) is 0.183. The zero-order chi connectivity index (χ0) is 20.0. The summed E-state index contributed by atoms with van der Waals surface area (Å²) in [7, 11) is 0. The van der Waals surface area contributed by atoms with Crippen molar-refractivity contribution in [2.45, 2.75) is 0 Å². The number of hydrogen-bond acceptors (Lipinski definition) is 7. The van der Waals surface area contributed by atoms with Crippen LogP contribution in [0.2, 0.25) is 0 Å². The molecule has 144 valence electrons. The lowest BCUT2D eigenvalue weighted by atomic mass is 9.99. The second-order valence-corrected chi connectivity index (χ2v) is 6.47. The van der Waals surface area contributed by atoms with E-state index in [4.69, 9.17) is 18.6 Å². The van der Waals surface area contributed by atoms with Crippen LogP contribution in [0.25, 0.3) is 17.4 Å². The van der Waals surface area contributed by atoms with E-state index in [0.717, 1.165) is 0 Å². The number of ether oxygens (including phenoxy) is 3. The minimum Gasteiger partial charge on any atom is -0.488 e. The number of Topliss-reactive ketones (excluding diaryl/α,β-unsaturated/α-hetero) is 1. The summed E-state index contributed by atoms with van der Waals surface area (Å²) in [6.07, 6.45) is 1.58. The first-order valence-electron chi connectivity index (χ1n) is 8.75. The Hall–Kier alpha value is -4.07. The molecule has 5 rings (SSSR count). The van der Waals surface area contributed by atoms with Crippen LogP contribution in [0.1, 0.15) is 16.1 Å². The number of nitrogens with zero attached hydrogens (tertiary/aromatic N) is 1. The molecule has 0 aliphatic carbocycles. The van der Waals surface area contributed by atoms with Crippen molar-refractivity contribution < 1.29 is 28.3 Å². The molecule has 0 radical (unpaired) electrons. The van der Waals surface area contributed by atoms with E-state index in [9.17, 15) is 14.9 Å². The quantitative estimate of drug-likeness (QED) is 0.374. The number of nitro groups is 1. The van der Waals surface area contributed by atoms with Gasteiger partial charge >= 0.3 is 0 Å². The zero-order valence-electron chi connectivity index (χ0n) is 14.9. The number of rotatable bonds is 3. The molecular weight excluding hydrogens is 378 g/mol. The van der Waals surface area contributed by atoms with Crippen molar-refractivity contribution in [3.05, 3.63) is 75.5 Å². The first-order valence-corrected chi connectivity index (χ1v) is 8.75. The van der Waals surface area contributed by atoms with Gasteiger partial charge in [-0.3, -0.25) is 14.9 Å². The molecule has 2 aliphatic rings. The zero-order valence-corrected chi connectivity index (χ0v) is 14.9. The van der Waals surface area contributed by atoms with Gasteiger partial charge in [0.1, 0.15) is 23.9 Å². The number of furan rings is 1. The van der Waals surface area contributed by atoms with Gasteiger partial charge in [-0.25, -0.2) is 0 Å². The fourth-order valence-corrected chi connectivity index (χ4v) is 3.31. The first kappa shape index (κ1) is 17.1. The number of carbonyl (C=O) groups excluding carboxylic acids is 1. The SMILES string of the molecule is O=C1C(=Cc2ccc(-c3ccccc3[N+](=O)[O-])o2)COc2cc3c(cc21)OCO3. The average Bonchev–Trinajstić information content (AvgIpc) is 3.38. The molecule has 3 heterocycles. The second-order valence-electron chi connectivity index (χ2n) is 6.47. The third kappa shape index (κ3) is 2.91. The Labute approximate surface area is 164 Å². The van der Waals surface area contributed by atoms with Crippen molar-refractivity contribution in [3.63, 3.8) is 0 Å². The van der Waals surface area contributed by atoms with Crippen LogP contribution in [0.4, 0.5) is 5.69 Å². The largest absolute Gasteiger partial charge is 0.488 e. The highest BCUT2D eigenvalue weighted by molar-refractivity contribution is 6.14. The molecule has 0 bridgehead atoms. The van der Waals surface area contributed by atoms with Crippen molar-refractivity contribution in [1.82, 2.24) is 0 Å². The molecule has 29 heavy (non-hydrogen) atoms. The van der Waals surface area contributed by atoms with Gasteiger partial charge in [-0.05, 0) is 30.3 Å². The van der Waals surface area contributed by atoms with Crippen molar-refractivity contribution in [2.75, 3.05) is 13.4 Å². The van der Waals surface area contributed by atoms with Crippen LogP contribution in [-0.4, -0.2) is 24.1 Å². The van der Waals surface area contributed by atoms with Gasteiger partial charge in [-0.1, -0.05) is 12.1 Å². The summed E-state index contributed by atoms with van der Waals surface area (Å²) < 4.78 is 22.1. The van der Waals surface area contributed by atoms with E-state index in [1.54, 1.807) is 48.5 Å². The molecule has 8 heteroatoms. The molecule has 0 amide bonds. The predicted molar refractivity (Wildman–Crippen MR) is 101 cm³/mol. The second kappa shape index (κ2) is 6.52. The molecule has 2 aromatic carbocycles. The molecule has 2 aliphatic heterocycles. The highest BCUT2D eigenvalue weighted by Gasteiger charge is 2.28. The van der Waals surface area contributed by atoms with Crippen molar-refractivity contribution in [3.8, 4) is 28.6 Å². The van der Waals surface area contributed by atoms with E-state index in [1.807, 2.05) is 0 Å². The Morgan fingerprint density at radius 3 is 2.55 bits per heavy atom. The highest BCUT2D eigenvalue weighted by Crippen LogP contribution is 2.41. The number of hydrogen-bond donors (Lipinski definition) is 0. The fraction of sp³-hybridized carbons (Fsp3) is 0.0952. The molecule has 3 aromatic rings. The summed E-state index contributed by atoms with van der Waals surface area (Å²) in [6, 6.07) is 12.9. The van der Waals surface area contributed by atoms with Crippen LogP contribution in [0.3, 0.4) is 0 Å². The van der Waals surface area contributed by atoms with Gasteiger partial charge in [0.05, 0.1) is 16.1 Å². The van der Waals surface area contributed by atoms with Gasteiger partial charge in [0.2, 0.25) is 6.79 Å². The van der Waals surface area contributed by atoms with Crippen LogP contribution in [0.15, 0.2) is 58.5 Å². The summed E-state index contributed by atoms with van der Waals surface area (Å²) in [5, 5.41) is 11.2. The minimum absolute atomic E-state index is 0.0527. The van der Waals surface area contributed by atoms with Crippen LogP contribution in [0, 0.1) is 10.1 Å². The summed E-state index contributed by atoms with van der Waals surface area (Å²) >= 11 is 0. The normalized spacial score (nSPS) is 15.9. The molecule has 0 spiro atoms. The van der Waals surface area contributed by atoms with Crippen LogP contribution in [-0.2, 0) is 0 Å². The molecule has 0 atom stereocenters. The summed E-state index contributed by atoms with van der Waals surface area (Å²) in [5.41, 5.74) is 1.10. The molecule has 0 unspecified atom stereocenters. The van der Waals surface area contributed by atoms with E-state index in [0.29, 0.717) is 45.5 Å². The van der Waals surface area contributed by atoms with Crippen LogP contribution in [0.5, 0.6) is 17.2 Å². The molecular formula is C21H13NO7. The Bertz CT molecular complexity index is 1190. The third-order valence-corrected chi connectivity index (χ3v) is 4.70. The van der Waals surface area contributed by atoms with Gasteiger partial charge in [0, 0.05) is 17.7 Å². The lowest BCUT2D eigenvalue weighted by Gasteiger charge is -2.18. The monoisotopic (exact) mass is 391 g/mol. The van der Waals surface area contributed by atoms with Crippen LogP contribution < -0.4 is 14.2 Å². The summed E-state index contributed by atoms with van der Waals surface area (Å²) in [4.78, 5) is 23.6. The van der Waals surface area contributed by atoms with Gasteiger partial charge in [-0.15, -0.1) is 0 Å². The maximum absolute atomic E-state index is 12.9. The van der Waals surface area contributed by atoms with Crippen LogP contribution >= 0.6 is 0 Å². The standard InChI is InChI=1S/C21H13NO7/c23-21-12(10-26-18-9-20-19(8-15(18)21)27-11-28-20)7-13-5-6-17(29-13)14-3-1-2-4-16(14)22(24)25/h1-9H,10-11H2. The van der Waals surface area contributed by atoms with Crippen molar-refractivity contribution in [1.29, 1.82) is 0 Å². The predicted octanol–water partition coefficient (Wildman–Crippen LogP) is 4.24. The highest BCUT2D eigenvalue weighted by atomic mass is 16.7. The molecule has 0 saturated carbocycles. The van der Waals surface area contributed by atoms with E-state index in [-0.39, 0.29) is 24.9 Å². The number of para-hydroxylation sites is 1. The Morgan fingerprint density at radius 2 is 1.72 bits per heavy atom. The number of fused-ring (bicyclic) bond motifs is 2. The number of nitro benzene ring substituents is 1. The molecule has 0 saturated heterocycles. The lowest BCUT2D eigenvalue weighted by molar-refractivity contribution is -0.384. The number of benzene rings is 2. The topological polar surface area (TPSA) is 101 Å². The lowest BCUT2D eigenvalue weighted by Crippen LogP contribution is -2.18. The van der Waals surface area contributed by atoms with Gasteiger partial charge in [0.15, 0.2) is 17.3 Å². The molecule has 0 fully saturated rings. The van der Waals surface area contributed by atoms with E-state index in [1.165, 1.54) is 6.07 Å². The average molecular weight is 391 g/mol. The maximum Gasteiger partial charge on any atom is 0.280 e. The fourth-order valence-electron chi connectivity index (χ4n) is 3.31. The van der Waals surface area contributed by atoms with Gasteiger partial charge in [-0.2, -0.15) is 0 Å². The van der Waals surface area contributed by atoms with Crippen molar-refractivity contribution in [2.24, 2.45) is 0 Å². The van der Waals surface area contributed by atoms with E-state index >= 15 is 0 Å². The molecule has 0 N–H and O–H groups in total. The Morgan fingerprint density at radius 1 is 0.931 bits per heavy atom. The van der Waals surface area contributed by atoms with Crippen molar-refractivity contribution >= 4 is 17.5 Å². The van der Waals surface area contributed by atoms with Gasteiger partial charge in [0.25, 0.3) is 5.69 Å². The Balaban J connectivity index is 1.47. The van der Waals surface area contributed by atoms with E-state index < -0.39 is 4.92 Å². The molecule has 8 nitrogen and oxygen atoms in total.